The van der Waals surface area contributed by atoms with Gasteiger partial charge < -0.3 is 14.6 Å². The van der Waals surface area contributed by atoms with E-state index in [0.717, 1.165) is 11.1 Å². The van der Waals surface area contributed by atoms with Crippen molar-refractivity contribution in [2.75, 3.05) is 14.2 Å². The molecule has 136 valence electrons. The van der Waals surface area contributed by atoms with Gasteiger partial charge in [0.05, 0.1) is 19.6 Å². The van der Waals surface area contributed by atoms with Crippen LogP contribution >= 0.6 is 0 Å². The molecule has 0 heterocycles. The molecule has 0 spiro atoms. The lowest BCUT2D eigenvalue weighted by atomic mass is 9.55. The van der Waals surface area contributed by atoms with Gasteiger partial charge >= 0.3 is 5.97 Å². The quantitative estimate of drug-likeness (QED) is 0.650. The van der Waals surface area contributed by atoms with E-state index in [0.29, 0.717) is 16.9 Å². The monoisotopic (exact) mass is 354 g/mol. The summed E-state index contributed by atoms with van der Waals surface area (Å²) in [6.07, 6.45) is 1.59. The number of ether oxygens (including phenoxy) is 2. The van der Waals surface area contributed by atoms with Crippen LogP contribution in [0, 0.1) is 5.41 Å². The highest BCUT2D eigenvalue weighted by molar-refractivity contribution is 6.21. The van der Waals surface area contributed by atoms with Crippen molar-refractivity contribution < 1.29 is 24.2 Å². The molecule has 0 bridgehead atoms. The Bertz CT molecular complexity index is 916. The second-order valence-corrected chi connectivity index (χ2v) is 7.32. The van der Waals surface area contributed by atoms with E-state index >= 15 is 0 Å². The van der Waals surface area contributed by atoms with Gasteiger partial charge in [-0.05, 0) is 49.6 Å². The summed E-state index contributed by atoms with van der Waals surface area (Å²) in [5, 5.41) is 10.9. The molecule has 2 aliphatic carbocycles. The van der Waals surface area contributed by atoms with Gasteiger partial charge in [-0.3, -0.25) is 4.79 Å². The molecule has 1 unspecified atom stereocenters. The number of esters is 1. The molecular formula is C21H22O5. The van der Waals surface area contributed by atoms with Gasteiger partial charge in [-0.2, -0.15) is 0 Å². The number of allylic oxidation sites excluding steroid dienone is 3. The van der Waals surface area contributed by atoms with Crippen molar-refractivity contribution >= 4 is 17.3 Å². The van der Waals surface area contributed by atoms with Crippen LogP contribution in [-0.2, 0) is 19.7 Å². The first-order chi connectivity index (χ1) is 12.1. The van der Waals surface area contributed by atoms with Gasteiger partial charge in [0.2, 0.25) is 0 Å². The van der Waals surface area contributed by atoms with Crippen LogP contribution in [0.5, 0.6) is 5.75 Å². The fourth-order valence-corrected chi connectivity index (χ4v) is 4.16. The van der Waals surface area contributed by atoms with Crippen LogP contribution in [0.15, 0.2) is 47.8 Å². The maximum Gasteiger partial charge on any atom is 0.341 e. The minimum Gasteiger partial charge on any atom is -0.507 e. The third kappa shape index (κ3) is 2.16. The van der Waals surface area contributed by atoms with E-state index in [1.54, 1.807) is 33.1 Å². The van der Waals surface area contributed by atoms with Gasteiger partial charge in [0.1, 0.15) is 17.1 Å². The van der Waals surface area contributed by atoms with Gasteiger partial charge in [0, 0.05) is 11.0 Å². The van der Waals surface area contributed by atoms with Crippen LogP contribution in [0.25, 0.3) is 5.57 Å². The Kier molecular flexibility index (Phi) is 3.87. The number of hydrogen-bond donors (Lipinski definition) is 1. The van der Waals surface area contributed by atoms with Crippen molar-refractivity contribution in [2.24, 2.45) is 5.41 Å². The third-order valence-electron chi connectivity index (χ3n) is 5.43. The minimum absolute atomic E-state index is 0.0105. The minimum atomic E-state index is -1.10. The van der Waals surface area contributed by atoms with E-state index in [-0.39, 0.29) is 17.1 Å². The smallest absolute Gasteiger partial charge is 0.341 e. The molecular weight excluding hydrogens is 332 g/mol. The van der Waals surface area contributed by atoms with Crippen molar-refractivity contribution in [1.29, 1.82) is 0 Å². The molecule has 0 amide bonds. The molecule has 5 nitrogen and oxygen atoms in total. The zero-order valence-corrected chi connectivity index (χ0v) is 15.6. The van der Waals surface area contributed by atoms with Crippen molar-refractivity contribution in [2.45, 2.75) is 26.2 Å². The molecule has 0 saturated carbocycles. The summed E-state index contributed by atoms with van der Waals surface area (Å²) in [6.45, 7) is 9.28. The summed E-state index contributed by atoms with van der Waals surface area (Å²) in [7, 11) is 2.81. The van der Waals surface area contributed by atoms with Crippen LogP contribution in [0.4, 0.5) is 0 Å². The number of ketones is 1. The molecule has 1 aromatic rings. The standard InChI is InChI=1S/C21H22O5/c1-11-13-8-7-12(25-5)9-15(13)21(4)10-14(19(24)26-6)18(23)20(2,3)17(21)16(11)22/h7-10,22H,1H2,2-6H3. The molecule has 2 aliphatic rings. The average Bonchev–Trinajstić information content (AvgIpc) is 2.61. The van der Waals surface area contributed by atoms with E-state index in [1.165, 1.54) is 7.11 Å². The van der Waals surface area contributed by atoms with Gasteiger partial charge in [-0.15, -0.1) is 0 Å². The highest BCUT2D eigenvalue weighted by Gasteiger charge is 2.54. The first kappa shape index (κ1) is 18.0. The molecule has 0 aromatic heterocycles. The number of methoxy groups -OCH3 is 2. The third-order valence-corrected chi connectivity index (χ3v) is 5.43. The average molecular weight is 354 g/mol. The predicted molar refractivity (Wildman–Crippen MR) is 97.9 cm³/mol. The van der Waals surface area contributed by atoms with Crippen molar-refractivity contribution in [3.8, 4) is 5.75 Å². The zero-order chi connectivity index (χ0) is 19.4. The Labute approximate surface area is 152 Å². The molecule has 0 saturated heterocycles. The second kappa shape index (κ2) is 5.59. The SMILES string of the molecule is C=C1C(O)=C2C(C)(C)C(=O)C(C(=O)OC)=CC2(C)c2cc(OC)ccc21. The Balaban J connectivity index is 2.43. The Morgan fingerprint density at radius 2 is 1.85 bits per heavy atom. The number of carbonyl (C=O) groups is 2. The number of benzene rings is 1. The number of hydrogen-bond acceptors (Lipinski definition) is 5. The summed E-state index contributed by atoms with van der Waals surface area (Å²) in [4.78, 5) is 25.2. The Hall–Kier alpha value is -2.82. The van der Waals surface area contributed by atoms with E-state index < -0.39 is 16.8 Å². The zero-order valence-electron chi connectivity index (χ0n) is 15.6. The lowest BCUT2D eigenvalue weighted by Gasteiger charge is -2.46. The van der Waals surface area contributed by atoms with E-state index in [2.05, 4.69) is 6.58 Å². The molecule has 0 aliphatic heterocycles. The molecule has 0 radical (unpaired) electrons. The summed E-state index contributed by atoms with van der Waals surface area (Å²) in [6, 6.07) is 5.46. The lowest BCUT2D eigenvalue weighted by molar-refractivity contribution is -0.139. The predicted octanol–water partition coefficient (Wildman–Crippen LogP) is 3.50. The van der Waals surface area contributed by atoms with E-state index in [1.807, 2.05) is 19.1 Å². The summed E-state index contributed by atoms with van der Waals surface area (Å²) in [5.41, 5.74) is 0.547. The van der Waals surface area contributed by atoms with Gasteiger partial charge in [-0.25, -0.2) is 4.79 Å². The number of aliphatic hydroxyl groups excluding tert-OH is 1. The molecule has 5 heteroatoms. The maximum atomic E-state index is 13.0. The summed E-state index contributed by atoms with van der Waals surface area (Å²) < 4.78 is 10.2. The highest BCUT2D eigenvalue weighted by atomic mass is 16.5. The number of aliphatic hydroxyl groups is 1. The number of carbonyl (C=O) groups excluding carboxylic acids is 2. The maximum absolute atomic E-state index is 13.0. The van der Waals surface area contributed by atoms with Gasteiger partial charge in [-0.1, -0.05) is 18.7 Å². The normalized spacial score (nSPS) is 23.8. The number of fused-ring (bicyclic) bond motifs is 3. The first-order valence-corrected chi connectivity index (χ1v) is 8.28. The van der Waals surface area contributed by atoms with Crippen molar-refractivity contribution in [3.05, 3.63) is 58.9 Å². The van der Waals surface area contributed by atoms with Gasteiger partial charge in [0.15, 0.2) is 5.78 Å². The van der Waals surface area contributed by atoms with Crippen LogP contribution in [-0.4, -0.2) is 31.1 Å². The molecule has 1 N–H and O–H groups in total. The highest BCUT2D eigenvalue weighted by Crippen LogP contribution is 2.56. The topological polar surface area (TPSA) is 72.8 Å². The fraction of sp³-hybridized carbons (Fsp3) is 0.333. The van der Waals surface area contributed by atoms with Crippen molar-refractivity contribution in [1.82, 2.24) is 0 Å². The van der Waals surface area contributed by atoms with Gasteiger partial charge in [0.25, 0.3) is 0 Å². The van der Waals surface area contributed by atoms with Crippen LogP contribution in [0.3, 0.4) is 0 Å². The lowest BCUT2D eigenvalue weighted by Crippen LogP contribution is -2.46. The first-order valence-electron chi connectivity index (χ1n) is 8.28. The van der Waals surface area contributed by atoms with Crippen LogP contribution in [0.2, 0.25) is 0 Å². The molecule has 1 aromatic carbocycles. The van der Waals surface area contributed by atoms with E-state index in [9.17, 15) is 14.7 Å². The summed E-state index contributed by atoms with van der Waals surface area (Å²) in [5.74, 6) is -0.441. The molecule has 0 fully saturated rings. The molecule has 3 rings (SSSR count). The van der Waals surface area contributed by atoms with Crippen molar-refractivity contribution in [3.63, 3.8) is 0 Å². The fourth-order valence-electron chi connectivity index (χ4n) is 4.16. The second-order valence-electron chi connectivity index (χ2n) is 7.32. The number of rotatable bonds is 2. The van der Waals surface area contributed by atoms with Crippen LogP contribution in [0.1, 0.15) is 31.9 Å². The summed E-state index contributed by atoms with van der Waals surface area (Å²) >= 11 is 0. The molecule has 26 heavy (non-hydrogen) atoms. The van der Waals surface area contributed by atoms with E-state index in [4.69, 9.17) is 9.47 Å². The Morgan fingerprint density at radius 3 is 2.42 bits per heavy atom. The van der Waals surface area contributed by atoms with Crippen LogP contribution < -0.4 is 4.74 Å². The largest absolute Gasteiger partial charge is 0.507 e. The Morgan fingerprint density at radius 1 is 1.19 bits per heavy atom. The molecule has 1 atom stereocenters. The number of Topliss-reactive ketones (excluding diaryl/α,β-unsaturated/α-hetero) is 1.